The van der Waals surface area contributed by atoms with Crippen LogP contribution in [-0.2, 0) is 6.42 Å². The molecule has 1 unspecified atom stereocenters. The molecule has 0 aliphatic heterocycles. The lowest BCUT2D eigenvalue weighted by molar-refractivity contribution is 0.354. The molecule has 0 aliphatic rings. The number of benzene rings is 2. The molecular weight excluding hydrogens is 340 g/mol. The molecule has 0 aliphatic carbocycles. The second-order valence-corrected chi connectivity index (χ2v) is 6.39. The van der Waals surface area contributed by atoms with Crippen molar-refractivity contribution >= 4 is 11.6 Å². The Labute approximate surface area is 162 Å². The predicted molar refractivity (Wildman–Crippen MR) is 112 cm³/mol. The molecule has 2 rings (SSSR count). The van der Waals surface area contributed by atoms with Crippen molar-refractivity contribution in [3.63, 3.8) is 0 Å². The molecule has 146 valence electrons. The summed E-state index contributed by atoms with van der Waals surface area (Å²) in [6.07, 6.45) is 0.816. The van der Waals surface area contributed by atoms with Crippen molar-refractivity contribution in [2.24, 2.45) is 10.7 Å². The second-order valence-electron chi connectivity index (χ2n) is 6.39. The molecule has 3 N–H and O–H groups in total. The molecule has 0 amide bonds. The van der Waals surface area contributed by atoms with E-state index in [9.17, 15) is 0 Å². The topological polar surface area (TPSA) is 72.1 Å². The second kappa shape index (κ2) is 10.3. The molecule has 0 bridgehead atoms. The number of guanidine groups is 1. The smallest absolute Gasteiger partial charge is 0.188 e. The number of aliphatic imine (C=N–C) groups is 1. The first-order valence-corrected chi connectivity index (χ1v) is 9.07. The van der Waals surface area contributed by atoms with E-state index in [2.05, 4.69) is 41.3 Å². The van der Waals surface area contributed by atoms with Crippen LogP contribution in [0.4, 0.5) is 5.69 Å². The summed E-state index contributed by atoms with van der Waals surface area (Å²) in [6.45, 7) is 3.46. The highest BCUT2D eigenvalue weighted by atomic mass is 16.5. The fourth-order valence-corrected chi connectivity index (χ4v) is 2.70. The molecule has 0 radical (unpaired) electrons. The standard InChI is InChI=1S/C21H30N4O2/c1-16(25(2)18-8-6-5-7-9-18)15-24-21(22)23-13-12-17-10-11-19(26-3)20(14-17)27-4/h5-11,14,16H,12-13,15H2,1-4H3,(H3,22,23,24). The number of hydrogen-bond acceptors (Lipinski definition) is 4. The third-order valence-corrected chi connectivity index (χ3v) is 4.52. The minimum Gasteiger partial charge on any atom is -0.493 e. The number of ether oxygens (including phenoxy) is 2. The van der Waals surface area contributed by atoms with Crippen LogP contribution in [-0.4, -0.2) is 46.4 Å². The van der Waals surface area contributed by atoms with Crippen molar-refractivity contribution < 1.29 is 9.47 Å². The van der Waals surface area contributed by atoms with Gasteiger partial charge in [-0.2, -0.15) is 0 Å². The predicted octanol–water partition coefficient (Wildman–Crippen LogP) is 2.68. The quantitative estimate of drug-likeness (QED) is 0.524. The summed E-state index contributed by atoms with van der Waals surface area (Å²) in [6, 6.07) is 16.4. The van der Waals surface area contributed by atoms with Crippen LogP contribution < -0.4 is 25.4 Å². The van der Waals surface area contributed by atoms with E-state index in [4.69, 9.17) is 15.2 Å². The van der Waals surface area contributed by atoms with Gasteiger partial charge in [0.25, 0.3) is 0 Å². The minimum atomic E-state index is 0.249. The maximum atomic E-state index is 6.00. The summed E-state index contributed by atoms with van der Waals surface area (Å²) in [5.74, 6) is 1.92. The van der Waals surface area contributed by atoms with Gasteiger partial charge in [0, 0.05) is 25.3 Å². The molecule has 0 fully saturated rings. The number of nitrogens with two attached hydrogens (primary N) is 1. The van der Waals surface area contributed by atoms with Gasteiger partial charge < -0.3 is 25.4 Å². The fourth-order valence-electron chi connectivity index (χ4n) is 2.70. The average molecular weight is 370 g/mol. The van der Waals surface area contributed by atoms with E-state index in [1.165, 1.54) is 5.69 Å². The first-order valence-electron chi connectivity index (χ1n) is 9.07. The SMILES string of the molecule is COc1ccc(CCNC(N)=NCC(C)N(C)c2ccccc2)cc1OC. The highest BCUT2D eigenvalue weighted by molar-refractivity contribution is 5.77. The number of rotatable bonds is 9. The molecule has 6 heteroatoms. The van der Waals surface area contributed by atoms with Gasteiger partial charge in [0.2, 0.25) is 0 Å². The van der Waals surface area contributed by atoms with E-state index < -0.39 is 0 Å². The summed E-state index contributed by atoms with van der Waals surface area (Å²) >= 11 is 0. The molecule has 2 aromatic carbocycles. The van der Waals surface area contributed by atoms with Crippen LogP contribution in [0.15, 0.2) is 53.5 Å². The lowest BCUT2D eigenvalue weighted by Crippen LogP contribution is -2.36. The molecule has 1 atom stereocenters. The van der Waals surface area contributed by atoms with Crippen molar-refractivity contribution in [3.05, 3.63) is 54.1 Å². The number of hydrogen-bond donors (Lipinski definition) is 2. The van der Waals surface area contributed by atoms with Gasteiger partial charge >= 0.3 is 0 Å². The van der Waals surface area contributed by atoms with E-state index in [0.717, 1.165) is 23.5 Å². The van der Waals surface area contributed by atoms with Gasteiger partial charge in [-0.15, -0.1) is 0 Å². The fraction of sp³-hybridized carbons (Fsp3) is 0.381. The van der Waals surface area contributed by atoms with Crippen molar-refractivity contribution in [2.45, 2.75) is 19.4 Å². The van der Waals surface area contributed by atoms with Gasteiger partial charge in [-0.25, -0.2) is 0 Å². The molecule has 0 heterocycles. The lowest BCUT2D eigenvalue weighted by Gasteiger charge is -2.25. The lowest BCUT2D eigenvalue weighted by atomic mass is 10.1. The Morgan fingerprint density at radius 2 is 1.81 bits per heavy atom. The Bertz CT molecular complexity index is 734. The molecule has 0 spiro atoms. The van der Waals surface area contributed by atoms with Crippen LogP contribution in [0.3, 0.4) is 0 Å². The maximum Gasteiger partial charge on any atom is 0.188 e. The van der Waals surface area contributed by atoms with E-state index in [0.29, 0.717) is 19.0 Å². The Hall–Kier alpha value is -2.89. The van der Waals surface area contributed by atoms with Crippen molar-refractivity contribution in [1.29, 1.82) is 0 Å². The zero-order chi connectivity index (χ0) is 19.6. The van der Waals surface area contributed by atoms with E-state index >= 15 is 0 Å². The van der Waals surface area contributed by atoms with Crippen LogP contribution in [0.5, 0.6) is 11.5 Å². The van der Waals surface area contributed by atoms with Gasteiger partial charge in [0.15, 0.2) is 17.5 Å². The van der Waals surface area contributed by atoms with Crippen LogP contribution >= 0.6 is 0 Å². The molecule has 27 heavy (non-hydrogen) atoms. The minimum absolute atomic E-state index is 0.249. The highest BCUT2D eigenvalue weighted by Gasteiger charge is 2.09. The summed E-state index contributed by atoms with van der Waals surface area (Å²) < 4.78 is 10.6. The molecule has 6 nitrogen and oxygen atoms in total. The van der Waals surface area contributed by atoms with Crippen LogP contribution in [0, 0.1) is 0 Å². The summed E-state index contributed by atoms with van der Waals surface area (Å²) in [5.41, 5.74) is 8.31. The third kappa shape index (κ3) is 6.09. The van der Waals surface area contributed by atoms with Crippen LogP contribution in [0.2, 0.25) is 0 Å². The Morgan fingerprint density at radius 3 is 2.48 bits per heavy atom. The molecule has 0 saturated carbocycles. The maximum absolute atomic E-state index is 6.00. The summed E-state index contributed by atoms with van der Waals surface area (Å²) in [5, 5.41) is 3.17. The zero-order valence-corrected chi connectivity index (χ0v) is 16.6. The zero-order valence-electron chi connectivity index (χ0n) is 16.6. The Morgan fingerprint density at radius 1 is 1.11 bits per heavy atom. The van der Waals surface area contributed by atoms with Crippen molar-refractivity contribution in [2.75, 3.05) is 39.3 Å². The van der Waals surface area contributed by atoms with Crippen molar-refractivity contribution in [3.8, 4) is 11.5 Å². The average Bonchev–Trinajstić information content (AvgIpc) is 2.71. The van der Waals surface area contributed by atoms with Gasteiger partial charge in [0.05, 0.1) is 20.8 Å². The number of methoxy groups -OCH3 is 2. The number of nitrogens with zero attached hydrogens (tertiary/aromatic N) is 2. The summed E-state index contributed by atoms with van der Waals surface area (Å²) in [7, 11) is 5.33. The molecular formula is C21H30N4O2. The van der Waals surface area contributed by atoms with Crippen LogP contribution in [0.25, 0.3) is 0 Å². The van der Waals surface area contributed by atoms with Gasteiger partial charge in [-0.05, 0) is 43.2 Å². The number of para-hydroxylation sites is 1. The first kappa shape index (κ1) is 20.4. The first-order chi connectivity index (χ1) is 13.0. The Balaban J connectivity index is 1.80. The van der Waals surface area contributed by atoms with E-state index in [1.54, 1.807) is 14.2 Å². The number of likely N-dealkylation sites (N-methyl/N-ethyl adjacent to an activating group) is 1. The normalized spacial score (nSPS) is 12.4. The van der Waals surface area contributed by atoms with Gasteiger partial charge in [-0.3, -0.25) is 4.99 Å². The number of nitrogens with one attached hydrogen (secondary N) is 1. The van der Waals surface area contributed by atoms with Crippen LogP contribution in [0.1, 0.15) is 12.5 Å². The van der Waals surface area contributed by atoms with E-state index in [1.807, 2.05) is 36.4 Å². The molecule has 0 saturated heterocycles. The van der Waals surface area contributed by atoms with Crippen molar-refractivity contribution in [1.82, 2.24) is 5.32 Å². The molecule has 2 aromatic rings. The third-order valence-electron chi connectivity index (χ3n) is 4.52. The molecule has 0 aromatic heterocycles. The highest BCUT2D eigenvalue weighted by Crippen LogP contribution is 2.27. The number of anilines is 1. The Kier molecular flexibility index (Phi) is 7.79. The monoisotopic (exact) mass is 370 g/mol. The summed E-state index contributed by atoms with van der Waals surface area (Å²) in [4.78, 5) is 6.65. The van der Waals surface area contributed by atoms with E-state index in [-0.39, 0.29) is 6.04 Å². The largest absolute Gasteiger partial charge is 0.493 e. The van der Waals surface area contributed by atoms with Gasteiger partial charge in [0.1, 0.15) is 0 Å². The van der Waals surface area contributed by atoms with Gasteiger partial charge in [-0.1, -0.05) is 24.3 Å².